The molecular weight excluding hydrogens is 285 g/mol. The molecule has 0 spiro atoms. The van der Waals surface area contributed by atoms with Gasteiger partial charge in [-0.05, 0) is 42.7 Å². The van der Waals surface area contributed by atoms with Crippen LogP contribution in [0.5, 0.6) is 0 Å². The number of halogens is 2. The third-order valence-corrected chi connectivity index (χ3v) is 4.42. The summed E-state index contributed by atoms with van der Waals surface area (Å²) in [6, 6.07) is -0.151. The number of methoxy groups -OCH3 is 1. The lowest BCUT2D eigenvalue weighted by molar-refractivity contribution is -0.147. The predicted molar refractivity (Wildman–Crippen MR) is 70.7 cm³/mol. The molecule has 0 saturated heterocycles. The zero-order valence-electron chi connectivity index (χ0n) is 11.0. The van der Waals surface area contributed by atoms with Crippen LogP contribution in [0.15, 0.2) is 6.20 Å². The lowest BCUT2D eigenvalue weighted by Gasteiger charge is -2.30. The van der Waals surface area contributed by atoms with Crippen molar-refractivity contribution in [2.24, 2.45) is 17.8 Å². The summed E-state index contributed by atoms with van der Waals surface area (Å²) < 4.78 is 18.6. The van der Waals surface area contributed by atoms with Crippen LogP contribution in [0, 0.1) is 23.6 Å². The van der Waals surface area contributed by atoms with Crippen LogP contribution in [-0.2, 0) is 9.53 Å². The van der Waals surface area contributed by atoms with Crippen molar-refractivity contribution in [2.45, 2.75) is 25.3 Å². The number of carbonyl (C=O) groups excluding carboxylic acids is 1. The zero-order chi connectivity index (χ0) is 14.3. The van der Waals surface area contributed by atoms with Crippen molar-refractivity contribution in [3.05, 3.63) is 17.3 Å². The van der Waals surface area contributed by atoms with Gasteiger partial charge in [0.1, 0.15) is 0 Å². The van der Waals surface area contributed by atoms with Crippen molar-refractivity contribution in [1.82, 2.24) is 9.97 Å². The number of anilines is 1. The number of fused-ring (bicyclic) bond motifs is 1. The fraction of sp³-hybridized carbons (Fsp3) is 0.615. The fourth-order valence-electron chi connectivity index (χ4n) is 3.14. The molecule has 0 bridgehead atoms. The predicted octanol–water partition coefficient (Wildman–Crippen LogP) is 2.27. The fourth-order valence-corrected chi connectivity index (χ4v) is 3.28. The highest BCUT2D eigenvalue weighted by molar-refractivity contribution is 6.28. The first kappa shape index (κ1) is 13.5. The van der Waals surface area contributed by atoms with E-state index in [0.717, 1.165) is 25.5 Å². The highest BCUT2D eigenvalue weighted by Gasteiger charge is 2.52. The Bertz CT molecular complexity index is 542. The molecule has 5 nitrogen and oxygen atoms in total. The van der Waals surface area contributed by atoms with Crippen molar-refractivity contribution < 1.29 is 13.9 Å². The number of esters is 1. The van der Waals surface area contributed by atoms with Crippen LogP contribution in [0.4, 0.5) is 10.2 Å². The van der Waals surface area contributed by atoms with E-state index in [1.54, 1.807) is 0 Å². The zero-order valence-corrected chi connectivity index (χ0v) is 11.7. The Balaban J connectivity index is 1.82. The quantitative estimate of drug-likeness (QED) is 0.685. The minimum Gasteiger partial charge on any atom is -0.469 e. The van der Waals surface area contributed by atoms with Crippen molar-refractivity contribution in [1.29, 1.82) is 0 Å². The first-order valence-electron chi connectivity index (χ1n) is 6.62. The van der Waals surface area contributed by atoms with Gasteiger partial charge in [-0.3, -0.25) is 4.79 Å². The molecule has 1 unspecified atom stereocenters. The highest BCUT2D eigenvalue weighted by Crippen LogP contribution is 2.52. The Morgan fingerprint density at radius 1 is 1.55 bits per heavy atom. The second-order valence-electron chi connectivity index (χ2n) is 5.37. The van der Waals surface area contributed by atoms with Crippen LogP contribution in [0.1, 0.15) is 19.3 Å². The molecule has 2 fully saturated rings. The van der Waals surface area contributed by atoms with Crippen LogP contribution >= 0.6 is 11.6 Å². The molecule has 2 aliphatic carbocycles. The van der Waals surface area contributed by atoms with Crippen LogP contribution in [-0.4, -0.2) is 29.1 Å². The molecule has 0 aliphatic heterocycles. The third-order valence-electron chi connectivity index (χ3n) is 4.24. The van der Waals surface area contributed by atoms with Gasteiger partial charge in [0.25, 0.3) is 0 Å². The van der Waals surface area contributed by atoms with E-state index >= 15 is 0 Å². The van der Waals surface area contributed by atoms with E-state index in [-0.39, 0.29) is 29.0 Å². The molecule has 2 aliphatic rings. The SMILES string of the molecule is COC(=O)[C@@H]1CC[C@H]2C[C@H]2C1Nc1nc(Cl)ncc1F. The van der Waals surface area contributed by atoms with Gasteiger partial charge in [-0.25, -0.2) is 9.37 Å². The normalized spacial score (nSPS) is 31.4. The molecule has 1 heterocycles. The largest absolute Gasteiger partial charge is 0.469 e. The van der Waals surface area contributed by atoms with Gasteiger partial charge in [-0.2, -0.15) is 4.98 Å². The molecule has 1 N–H and O–H groups in total. The van der Waals surface area contributed by atoms with Gasteiger partial charge in [-0.1, -0.05) is 0 Å². The number of rotatable bonds is 3. The van der Waals surface area contributed by atoms with Gasteiger partial charge >= 0.3 is 5.97 Å². The van der Waals surface area contributed by atoms with Gasteiger partial charge in [0.15, 0.2) is 11.6 Å². The van der Waals surface area contributed by atoms with Gasteiger partial charge in [0.2, 0.25) is 5.28 Å². The molecular formula is C13H15ClFN3O2. The van der Waals surface area contributed by atoms with Gasteiger partial charge in [-0.15, -0.1) is 0 Å². The second-order valence-corrected chi connectivity index (χ2v) is 5.71. The van der Waals surface area contributed by atoms with Crippen molar-refractivity contribution in [3.63, 3.8) is 0 Å². The minimum absolute atomic E-state index is 0.0216. The second kappa shape index (κ2) is 5.16. The number of aromatic nitrogens is 2. The Kier molecular flexibility index (Phi) is 3.50. The summed E-state index contributed by atoms with van der Waals surface area (Å²) >= 11 is 5.69. The Morgan fingerprint density at radius 2 is 2.35 bits per heavy atom. The maximum absolute atomic E-state index is 13.7. The van der Waals surface area contributed by atoms with E-state index in [1.165, 1.54) is 7.11 Å². The molecule has 1 aromatic rings. The monoisotopic (exact) mass is 299 g/mol. The molecule has 0 amide bonds. The van der Waals surface area contributed by atoms with E-state index < -0.39 is 5.82 Å². The van der Waals surface area contributed by atoms with Crippen LogP contribution in [0.3, 0.4) is 0 Å². The average Bonchev–Trinajstić information content (AvgIpc) is 3.22. The maximum Gasteiger partial charge on any atom is 0.310 e. The van der Waals surface area contributed by atoms with Crippen molar-refractivity contribution in [3.8, 4) is 0 Å². The molecule has 0 aromatic carbocycles. The van der Waals surface area contributed by atoms with Crippen LogP contribution in [0.25, 0.3) is 0 Å². The van der Waals surface area contributed by atoms with Crippen molar-refractivity contribution in [2.75, 3.05) is 12.4 Å². The summed E-state index contributed by atoms with van der Waals surface area (Å²) in [5, 5.41) is 3.01. The summed E-state index contributed by atoms with van der Waals surface area (Å²) in [5.41, 5.74) is 0. The van der Waals surface area contributed by atoms with Gasteiger partial charge < -0.3 is 10.1 Å². The van der Waals surface area contributed by atoms with Crippen LogP contribution < -0.4 is 5.32 Å². The summed E-state index contributed by atoms with van der Waals surface area (Å²) in [6.07, 6.45) is 3.87. The van der Waals surface area contributed by atoms with E-state index in [2.05, 4.69) is 15.3 Å². The molecule has 4 atom stereocenters. The molecule has 3 rings (SSSR count). The Hall–Kier alpha value is -1.43. The summed E-state index contributed by atoms with van der Waals surface area (Å²) in [4.78, 5) is 19.3. The lowest BCUT2D eigenvalue weighted by atomic mass is 9.84. The summed E-state index contributed by atoms with van der Waals surface area (Å²) in [5.74, 6) is -0.0442. The lowest BCUT2D eigenvalue weighted by Crippen LogP contribution is -2.40. The number of hydrogen-bond donors (Lipinski definition) is 1. The minimum atomic E-state index is -0.569. The summed E-state index contributed by atoms with van der Waals surface area (Å²) in [7, 11) is 1.38. The van der Waals surface area contributed by atoms with Crippen molar-refractivity contribution >= 4 is 23.4 Å². The number of hydrogen-bond acceptors (Lipinski definition) is 5. The van der Waals surface area contributed by atoms with E-state index in [1.807, 2.05) is 0 Å². The molecule has 20 heavy (non-hydrogen) atoms. The number of carbonyl (C=O) groups is 1. The van der Waals surface area contributed by atoms with Gasteiger partial charge in [0, 0.05) is 6.04 Å². The maximum atomic E-state index is 13.7. The Labute approximate surface area is 120 Å². The summed E-state index contributed by atoms with van der Waals surface area (Å²) in [6.45, 7) is 0. The third kappa shape index (κ3) is 2.44. The molecule has 1 aromatic heterocycles. The van der Waals surface area contributed by atoms with E-state index in [0.29, 0.717) is 11.8 Å². The molecule has 7 heteroatoms. The average molecular weight is 300 g/mol. The molecule has 0 radical (unpaired) electrons. The first-order valence-corrected chi connectivity index (χ1v) is 7.00. The number of nitrogens with one attached hydrogen (secondary N) is 1. The Morgan fingerprint density at radius 3 is 3.10 bits per heavy atom. The molecule has 108 valence electrons. The smallest absolute Gasteiger partial charge is 0.310 e. The number of ether oxygens (including phenoxy) is 1. The van der Waals surface area contributed by atoms with Crippen LogP contribution in [0.2, 0.25) is 5.28 Å². The van der Waals surface area contributed by atoms with E-state index in [4.69, 9.17) is 16.3 Å². The first-order chi connectivity index (χ1) is 9.60. The standard InChI is InChI=1S/C13H15ClFN3O2/c1-20-12(19)7-3-2-6-4-8(6)10(7)17-11-9(15)5-16-13(14)18-11/h5-8,10H,2-4H2,1H3,(H,16,17,18)/t6-,7+,8+,10?/m0/s1. The highest BCUT2D eigenvalue weighted by atomic mass is 35.5. The van der Waals surface area contributed by atoms with E-state index in [9.17, 15) is 9.18 Å². The van der Waals surface area contributed by atoms with Gasteiger partial charge in [0.05, 0.1) is 19.2 Å². The number of nitrogens with zero attached hydrogens (tertiary/aromatic N) is 2. The molecule has 2 saturated carbocycles. The topological polar surface area (TPSA) is 64.1 Å².